The maximum Gasteiger partial charge on any atom is 0.337 e. The molecule has 0 aliphatic carbocycles. The van der Waals surface area contributed by atoms with E-state index >= 15 is 0 Å². The second-order valence-electron chi connectivity index (χ2n) is 4.78. The van der Waals surface area contributed by atoms with Gasteiger partial charge in [-0.3, -0.25) is 4.79 Å². The Bertz CT molecular complexity index is 835. The minimum absolute atomic E-state index is 0.0945. The molecule has 0 saturated heterocycles. The third kappa shape index (κ3) is 2.83. The summed E-state index contributed by atoms with van der Waals surface area (Å²) in [5.74, 6) is -0.400. The Hall–Kier alpha value is -2.30. The molecule has 4 nitrogen and oxygen atoms in total. The smallest absolute Gasteiger partial charge is 0.337 e. The Balaban J connectivity index is 2.01. The Kier molecular flexibility index (Phi) is 4.11. The summed E-state index contributed by atoms with van der Waals surface area (Å²) in [7, 11) is 1.28. The molecule has 0 amide bonds. The molecular weight excluding hydrogens is 339 g/mol. The summed E-state index contributed by atoms with van der Waals surface area (Å²) in [6, 6.07) is 9.57. The van der Waals surface area contributed by atoms with E-state index in [0.717, 1.165) is 0 Å². The molecule has 0 spiro atoms. The van der Waals surface area contributed by atoms with Crippen molar-refractivity contribution in [2.75, 3.05) is 7.11 Å². The minimum atomic E-state index is -0.521. The Morgan fingerprint density at radius 1 is 1.17 bits per heavy atom. The van der Waals surface area contributed by atoms with E-state index in [0.29, 0.717) is 26.9 Å². The number of halogens is 2. The van der Waals surface area contributed by atoms with Gasteiger partial charge in [-0.1, -0.05) is 29.3 Å². The van der Waals surface area contributed by atoms with Gasteiger partial charge >= 0.3 is 5.97 Å². The summed E-state index contributed by atoms with van der Waals surface area (Å²) in [4.78, 5) is 24.0. The number of carbonyl (C=O) groups is 2. The summed E-state index contributed by atoms with van der Waals surface area (Å²) in [6.45, 7) is 0. The SMILES string of the molecule is COC(=O)c1ccc2c(c1)C(=O)/C(=C/c1c(Cl)cccc1Cl)O2. The van der Waals surface area contributed by atoms with Gasteiger partial charge in [0.1, 0.15) is 5.75 Å². The summed E-state index contributed by atoms with van der Waals surface area (Å²) < 4.78 is 10.2. The topological polar surface area (TPSA) is 52.6 Å². The van der Waals surface area contributed by atoms with E-state index < -0.39 is 5.97 Å². The van der Waals surface area contributed by atoms with E-state index in [1.165, 1.54) is 25.3 Å². The minimum Gasteiger partial charge on any atom is -0.465 e. The van der Waals surface area contributed by atoms with Gasteiger partial charge in [-0.25, -0.2) is 4.79 Å². The van der Waals surface area contributed by atoms with Crippen LogP contribution in [0.15, 0.2) is 42.2 Å². The zero-order valence-electron chi connectivity index (χ0n) is 11.9. The third-order valence-electron chi connectivity index (χ3n) is 3.36. The van der Waals surface area contributed by atoms with Gasteiger partial charge in [0, 0.05) is 15.6 Å². The molecule has 2 aromatic carbocycles. The van der Waals surface area contributed by atoms with Gasteiger partial charge in [0.25, 0.3) is 0 Å². The summed E-state index contributed by atoms with van der Waals surface area (Å²) in [5.41, 5.74) is 1.07. The number of benzene rings is 2. The average Bonchev–Trinajstić information content (AvgIpc) is 2.86. The van der Waals surface area contributed by atoms with Crippen LogP contribution in [-0.2, 0) is 4.74 Å². The first-order valence-electron chi connectivity index (χ1n) is 6.62. The highest BCUT2D eigenvalue weighted by Crippen LogP contribution is 2.35. The Morgan fingerprint density at radius 2 is 1.87 bits per heavy atom. The first-order valence-corrected chi connectivity index (χ1v) is 7.37. The average molecular weight is 349 g/mol. The van der Waals surface area contributed by atoms with Gasteiger partial charge in [-0.2, -0.15) is 0 Å². The highest BCUT2D eigenvalue weighted by Gasteiger charge is 2.29. The summed E-state index contributed by atoms with van der Waals surface area (Å²) >= 11 is 12.2. The van der Waals surface area contributed by atoms with E-state index in [4.69, 9.17) is 27.9 Å². The van der Waals surface area contributed by atoms with Crippen LogP contribution in [0.3, 0.4) is 0 Å². The van der Waals surface area contributed by atoms with Crippen molar-refractivity contribution < 1.29 is 19.1 Å². The number of hydrogen-bond donors (Lipinski definition) is 0. The van der Waals surface area contributed by atoms with Crippen molar-refractivity contribution >= 4 is 41.0 Å². The molecule has 1 aliphatic rings. The van der Waals surface area contributed by atoms with Crippen LogP contribution in [0.4, 0.5) is 0 Å². The molecule has 1 aliphatic heterocycles. The van der Waals surface area contributed by atoms with Crippen LogP contribution in [0, 0.1) is 0 Å². The highest BCUT2D eigenvalue weighted by atomic mass is 35.5. The molecular formula is C17H10Cl2O4. The molecule has 2 aromatic rings. The summed E-state index contributed by atoms with van der Waals surface area (Å²) in [6.07, 6.45) is 1.49. The lowest BCUT2D eigenvalue weighted by Gasteiger charge is -2.03. The molecule has 0 saturated carbocycles. The van der Waals surface area contributed by atoms with Crippen LogP contribution in [0.2, 0.25) is 10.0 Å². The van der Waals surface area contributed by atoms with Gasteiger partial charge < -0.3 is 9.47 Å². The number of ketones is 1. The van der Waals surface area contributed by atoms with Crippen LogP contribution >= 0.6 is 23.2 Å². The van der Waals surface area contributed by atoms with Crippen LogP contribution in [0.5, 0.6) is 5.75 Å². The molecule has 1 heterocycles. The number of fused-ring (bicyclic) bond motifs is 1. The van der Waals surface area contributed by atoms with Crippen LogP contribution in [-0.4, -0.2) is 18.9 Å². The quantitative estimate of drug-likeness (QED) is 0.596. The number of methoxy groups -OCH3 is 1. The monoisotopic (exact) mass is 348 g/mol. The molecule has 3 rings (SSSR count). The summed E-state index contributed by atoms with van der Waals surface area (Å²) in [5, 5.41) is 0.820. The predicted molar refractivity (Wildman–Crippen MR) is 87.2 cm³/mol. The van der Waals surface area contributed by atoms with Crippen molar-refractivity contribution in [2.24, 2.45) is 0 Å². The van der Waals surface area contributed by atoms with Crippen molar-refractivity contribution in [1.82, 2.24) is 0 Å². The maximum atomic E-state index is 12.5. The third-order valence-corrected chi connectivity index (χ3v) is 4.02. The molecule has 116 valence electrons. The fourth-order valence-electron chi connectivity index (χ4n) is 2.21. The van der Waals surface area contributed by atoms with Crippen LogP contribution in [0.25, 0.3) is 6.08 Å². The van der Waals surface area contributed by atoms with E-state index in [9.17, 15) is 9.59 Å². The number of carbonyl (C=O) groups excluding carboxylic acids is 2. The lowest BCUT2D eigenvalue weighted by Crippen LogP contribution is -2.03. The first kappa shape index (κ1) is 15.6. The van der Waals surface area contributed by atoms with Crippen molar-refractivity contribution in [3.05, 3.63) is 68.9 Å². The van der Waals surface area contributed by atoms with Gasteiger partial charge in [-0.05, 0) is 36.4 Å². The maximum absolute atomic E-state index is 12.5. The second-order valence-corrected chi connectivity index (χ2v) is 5.59. The molecule has 0 N–H and O–H groups in total. The standard InChI is InChI=1S/C17H10Cl2O4/c1-22-17(21)9-5-6-14-11(7-9)16(20)15(23-14)8-10-12(18)3-2-4-13(10)19/h2-8H,1H3/b15-8-. The Morgan fingerprint density at radius 3 is 2.52 bits per heavy atom. The largest absolute Gasteiger partial charge is 0.465 e. The number of allylic oxidation sites excluding steroid dienone is 1. The number of ether oxygens (including phenoxy) is 2. The number of hydrogen-bond acceptors (Lipinski definition) is 4. The van der Waals surface area contributed by atoms with Crippen molar-refractivity contribution in [1.29, 1.82) is 0 Å². The fourth-order valence-corrected chi connectivity index (χ4v) is 2.72. The predicted octanol–water partition coefficient (Wildman–Crippen LogP) is 4.40. The fraction of sp³-hybridized carbons (Fsp3) is 0.0588. The van der Waals surface area contributed by atoms with E-state index in [1.54, 1.807) is 24.3 Å². The molecule has 0 radical (unpaired) electrons. The molecule has 23 heavy (non-hydrogen) atoms. The number of rotatable bonds is 2. The van der Waals surface area contributed by atoms with E-state index in [-0.39, 0.29) is 17.1 Å². The lowest BCUT2D eigenvalue weighted by atomic mass is 10.1. The molecule has 0 unspecified atom stereocenters. The van der Waals surface area contributed by atoms with Gasteiger partial charge in [-0.15, -0.1) is 0 Å². The number of esters is 1. The zero-order valence-corrected chi connectivity index (χ0v) is 13.4. The lowest BCUT2D eigenvalue weighted by molar-refractivity contribution is 0.0600. The molecule has 0 bridgehead atoms. The van der Waals surface area contributed by atoms with Crippen molar-refractivity contribution in [2.45, 2.75) is 0 Å². The molecule has 0 fully saturated rings. The highest BCUT2D eigenvalue weighted by molar-refractivity contribution is 6.37. The first-order chi connectivity index (χ1) is 11.0. The van der Waals surface area contributed by atoms with E-state index in [2.05, 4.69) is 4.74 Å². The van der Waals surface area contributed by atoms with Gasteiger partial charge in [0.15, 0.2) is 5.76 Å². The number of Topliss-reactive ketones (excluding diaryl/α,β-unsaturated/α-hetero) is 1. The van der Waals surface area contributed by atoms with Gasteiger partial charge in [0.05, 0.1) is 18.2 Å². The Labute approximate surface area is 142 Å². The van der Waals surface area contributed by atoms with Crippen LogP contribution < -0.4 is 4.74 Å². The normalized spacial score (nSPS) is 14.6. The molecule has 6 heteroatoms. The van der Waals surface area contributed by atoms with Gasteiger partial charge in [0.2, 0.25) is 5.78 Å². The molecule has 0 atom stereocenters. The van der Waals surface area contributed by atoms with E-state index in [1.807, 2.05) is 0 Å². The molecule has 0 aromatic heterocycles. The van der Waals surface area contributed by atoms with Crippen molar-refractivity contribution in [3.8, 4) is 5.75 Å². The van der Waals surface area contributed by atoms with Crippen molar-refractivity contribution in [3.63, 3.8) is 0 Å². The van der Waals surface area contributed by atoms with Crippen LogP contribution in [0.1, 0.15) is 26.3 Å². The zero-order chi connectivity index (χ0) is 16.6. The second kappa shape index (κ2) is 6.07.